The van der Waals surface area contributed by atoms with Crippen LogP contribution in [-0.2, 0) is 0 Å². The lowest BCUT2D eigenvalue weighted by molar-refractivity contribution is 0.614. The maximum absolute atomic E-state index is 13.4. The second kappa shape index (κ2) is 4.79. The highest BCUT2D eigenvalue weighted by molar-refractivity contribution is 7.09. The molecule has 0 aliphatic carbocycles. The first-order valence-electron chi connectivity index (χ1n) is 5.39. The van der Waals surface area contributed by atoms with Gasteiger partial charge in [-0.1, -0.05) is 12.1 Å². The largest absolute Gasteiger partial charge is 0.354 e. The third-order valence-electron chi connectivity index (χ3n) is 2.56. The summed E-state index contributed by atoms with van der Waals surface area (Å²) in [5, 5.41) is 3.96. The molecule has 0 spiro atoms. The highest BCUT2D eigenvalue weighted by atomic mass is 32.1. The first kappa shape index (κ1) is 12.0. The number of hydrogen-bond acceptors (Lipinski definition) is 4. The van der Waals surface area contributed by atoms with E-state index in [4.69, 9.17) is 0 Å². The predicted molar refractivity (Wildman–Crippen MR) is 67.8 cm³/mol. The zero-order valence-electron chi connectivity index (χ0n) is 9.99. The fourth-order valence-electron chi connectivity index (χ4n) is 1.50. The Hall–Kier alpha value is -1.49. The van der Waals surface area contributed by atoms with Crippen molar-refractivity contribution in [1.82, 2.24) is 9.36 Å². The zero-order valence-corrected chi connectivity index (χ0v) is 10.8. The van der Waals surface area contributed by atoms with E-state index in [-0.39, 0.29) is 11.9 Å². The van der Waals surface area contributed by atoms with Gasteiger partial charge in [0, 0.05) is 11.5 Å². The zero-order chi connectivity index (χ0) is 12.4. The molecule has 17 heavy (non-hydrogen) atoms. The SMILES string of the molecule is Cc1nsc(NC(C)c2ccc(C)c(F)c2)n1. The standard InChI is InChI=1S/C12H14FN3S/c1-7-4-5-10(6-11(7)13)8(2)14-12-15-9(3)16-17-12/h4-6,8H,1-3H3,(H,14,15,16). The Morgan fingerprint density at radius 3 is 2.71 bits per heavy atom. The van der Waals surface area contributed by atoms with Crippen molar-refractivity contribution < 1.29 is 4.39 Å². The summed E-state index contributed by atoms with van der Waals surface area (Å²) in [6.07, 6.45) is 0. The molecule has 1 aromatic carbocycles. The molecule has 1 unspecified atom stereocenters. The first-order valence-corrected chi connectivity index (χ1v) is 6.16. The molecule has 0 fully saturated rings. The van der Waals surface area contributed by atoms with E-state index in [0.29, 0.717) is 5.56 Å². The molecule has 2 aromatic rings. The number of aryl methyl sites for hydroxylation is 2. The monoisotopic (exact) mass is 251 g/mol. The summed E-state index contributed by atoms with van der Waals surface area (Å²) in [7, 11) is 0. The number of nitrogens with one attached hydrogen (secondary N) is 1. The van der Waals surface area contributed by atoms with Crippen LogP contribution in [0.1, 0.15) is 29.9 Å². The molecule has 1 N–H and O–H groups in total. The van der Waals surface area contributed by atoms with Gasteiger partial charge >= 0.3 is 0 Å². The van der Waals surface area contributed by atoms with Gasteiger partial charge in [-0.2, -0.15) is 4.37 Å². The Balaban J connectivity index is 2.14. The molecule has 0 bridgehead atoms. The minimum Gasteiger partial charge on any atom is -0.354 e. The van der Waals surface area contributed by atoms with Crippen LogP contribution >= 0.6 is 11.5 Å². The third kappa shape index (κ3) is 2.79. The number of rotatable bonds is 3. The molecule has 0 aliphatic rings. The highest BCUT2D eigenvalue weighted by Crippen LogP contribution is 2.21. The van der Waals surface area contributed by atoms with Crippen molar-refractivity contribution in [2.75, 3.05) is 5.32 Å². The summed E-state index contributed by atoms with van der Waals surface area (Å²) in [5.41, 5.74) is 1.56. The lowest BCUT2D eigenvalue weighted by Crippen LogP contribution is -2.06. The second-order valence-electron chi connectivity index (χ2n) is 4.02. The quantitative estimate of drug-likeness (QED) is 0.907. The van der Waals surface area contributed by atoms with Crippen molar-refractivity contribution in [2.24, 2.45) is 0 Å². The summed E-state index contributed by atoms with van der Waals surface area (Å²) < 4.78 is 17.5. The number of anilines is 1. The maximum Gasteiger partial charge on any atom is 0.203 e. The Morgan fingerprint density at radius 1 is 1.35 bits per heavy atom. The Bertz CT molecular complexity index is 524. The fourth-order valence-corrected chi connectivity index (χ4v) is 2.16. The molecule has 1 heterocycles. The summed E-state index contributed by atoms with van der Waals surface area (Å²) >= 11 is 1.31. The average Bonchev–Trinajstić information content (AvgIpc) is 2.68. The molecule has 0 saturated carbocycles. The van der Waals surface area contributed by atoms with Crippen LogP contribution in [0, 0.1) is 19.7 Å². The van der Waals surface area contributed by atoms with Crippen LogP contribution in [0.2, 0.25) is 0 Å². The van der Waals surface area contributed by atoms with Crippen molar-refractivity contribution in [3.05, 3.63) is 41.0 Å². The van der Waals surface area contributed by atoms with Crippen molar-refractivity contribution in [3.8, 4) is 0 Å². The lowest BCUT2D eigenvalue weighted by Gasteiger charge is -2.13. The van der Waals surface area contributed by atoms with E-state index in [1.807, 2.05) is 19.9 Å². The van der Waals surface area contributed by atoms with Gasteiger partial charge in [-0.3, -0.25) is 0 Å². The van der Waals surface area contributed by atoms with Gasteiger partial charge in [0.1, 0.15) is 11.6 Å². The molecule has 0 saturated heterocycles. The van der Waals surface area contributed by atoms with Gasteiger partial charge in [-0.05, 0) is 38.0 Å². The maximum atomic E-state index is 13.4. The number of aromatic nitrogens is 2. The molecule has 1 aromatic heterocycles. The average molecular weight is 251 g/mol. The predicted octanol–water partition coefficient (Wildman–Crippen LogP) is 3.47. The van der Waals surface area contributed by atoms with Crippen LogP contribution in [0.4, 0.5) is 9.52 Å². The molecule has 90 valence electrons. The molecule has 3 nitrogen and oxygen atoms in total. The van der Waals surface area contributed by atoms with E-state index in [1.54, 1.807) is 19.1 Å². The van der Waals surface area contributed by atoms with E-state index in [2.05, 4.69) is 14.7 Å². The van der Waals surface area contributed by atoms with Gasteiger partial charge in [0.05, 0.1) is 6.04 Å². The third-order valence-corrected chi connectivity index (χ3v) is 3.30. The summed E-state index contributed by atoms with van der Waals surface area (Å²) in [4.78, 5) is 4.22. The van der Waals surface area contributed by atoms with Crippen LogP contribution in [0.5, 0.6) is 0 Å². The summed E-state index contributed by atoms with van der Waals surface area (Å²) in [6, 6.07) is 5.27. The van der Waals surface area contributed by atoms with Crippen LogP contribution < -0.4 is 5.32 Å². The normalized spacial score (nSPS) is 12.5. The molecule has 5 heteroatoms. The van der Waals surface area contributed by atoms with E-state index < -0.39 is 0 Å². The first-order chi connectivity index (χ1) is 8.06. The molecule has 2 rings (SSSR count). The van der Waals surface area contributed by atoms with Gasteiger partial charge in [0.25, 0.3) is 0 Å². The van der Waals surface area contributed by atoms with Crippen molar-refractivity contribution >= 4 is 16.7 Å². The van der Waals surface area contributed by atoms with E-state index >= 15 is 0 Å². The Morgan fingerprint density at radius 2 is 2.12 bits per heavy atom. The number of benzene rings is 1. The highest BCUT2D eigenvalue weighted by Gasteiger charge is 2.09. The minimum atomic E-state index is -0.176. The topological polar surface area (TPSA) is 37.8 Å². The minimum absolute atomic E-state index is 0.0115. The Kier molecular flexibility index (Phi) is 3.38. The number of nitrogens with zero attached hydrogens (tertiary/aromatic N) is 2. The van der Waals surface area contributed by atoms with Crippen LogP contribution in [0.3, 0.4) is 0 Å². The van der Waals surface area contributed by atoms with Crippen LogP contribution in [0.25, 0.3) is 0 Å². The smallest absolute Gasteiger partial charge is 0.203 e. The molecule has 0 amide bonds. The second-order valence-corrected chi connectivity index (χ2v) is 4.77. The van der Waals surface area contributed by atoms with E-state index in [9.17, 15) is 4.39 Å². The molecule has 0 radical (unpaired) electrons. The van der Waals surface area contributed by atoms with Gasteiger partial charge in [-0.15, -0.1) is 0 Å². The fraction of sp³-hybridized carbons (Fsp3) is 0.333. The van der Waals surface area contributed by atoms with Crippen molar-refractivity contribution in [3.63, 3.8) is 0 Å². The molecule has 1 atom stereocenters. The Labute approximate surface area is 104 Å². The summed E-state index contributed by atoms with van der Waals surface area (Å²) in [5.74, 6) is 0.574. The van der Waals surface area contributed by atoms with E-state index in [0.717, 1.165) is 16.5 Å². The van der Waals surface area contributed by atoms with Gasteiger partial charge in [0.2, 0.25) is 5.13 Å². The van der Waals surface area contributed by atoms with Crippen molar-refractivity contribution in [1.29, 1.82) is 0 Å². The number of hydrogen-bond donors (Lipinski definition) is 1. The molecular formula is C12H14FN3S. The van der Waals surface area contributed by atoms with Gasteiger partial charge in [0.15, 0.2) is 0 Å². The van der Waals surface area contributed by atoms with Crippen LogP contribution in [-0.4, -0.2) is 9.36 Å². The number of halogens is 1. The summed E-state index contributed by atoms with van der Waals surface area (Å²) in [6.45, 7) is 5.57. The van der Waals surface area contributed by atoms with E-state index in [1.165, 1.54) is 11.5 Å². The van der Waals surface area contributed by atoms with Crippen LogP contribution in [0.15, 0.2) is 18.2 Å². The van der Waals surface area contributed by atoms with Gasteiger partial charge < -0.3 is 5.32 Å². The van der Waals surface area contributed by atoms with Gasteiger partial charge in [-0.25, -0.2) is 9.37 Å². The molecule has 0 aliphatic heterocycles. The molecular weight excluding hydrogens is 237 g/mol. The van der Waals surface area contributed by atoms with Crippen molar-refractivity contribution in [2.45, 2.75) is 26.8 Å². The lowest BCUT2D eigenvalue weighted by atomic mass is 10.1.